The van der Waals surface area contributed by atoms with Crippen LogP contribution in [-0.4, -0.2) is 44.1 Å². The molecule has 9 aromatic carbocycles. The van der Waals surface area contributed by atoms with Crippen LogP contribution in [0, 0.1) is 13.7 Å². The molecule has 69 heavy (non-hydrogen) atoms. The zero-order chi connectivity index (χ0) is 51.2. The van der Waals surface area contributed by atoms with Gasteiger partial charge >= 0.3 is 0 Å². The Morgan fingerprint density at radius 1 is 0.449 bits per heavy atom. The van der Waals surface area contributed by atoms with Crippen molar-refractivity contribution in [1.82, 2.24) is 27.9 Å². The first-order valence-electron chi connectivity index (χ1n) is 26.3. The SMILES string of the molecule is [2H]C([2H])([2H])c1cccc2c1nc1n(-c3cc(C([2H])([2H])[2H])c4nc5n(-c6cccc([Si](c7ccccc7)(c7ccccc7)c7cccc8c7Oc7ccccc7[Si]8(C)C)c6)c6ccccc6n5c4c3)c3ccccc3n21. The van der Waals surface area contributed by atoms with E-state index in [4.69, 9.17) is 22.9 Å². The Morgan fingerprint density at radius 2 is 0.986 bits per heavy atom. The highest BCUT2D eigenvalue weighted by atomic mass is 28.3. The predicted octanol–water partition coefficient (Wildman–Crippen LogP) is 10.1. The number of rotatable bonds is 6. The van der Waals surface area contributed by atoms with Crippen molar-refractivity contribution >= 4 is 103 Å². The van der Waals surface area contributed by atoms with E-state index in [-0.39, 0.29) is 11.1 Å². The summed E-state index contributed by atoms with van der Waals surface area (Å²) in [4.78, 5) is 10.4. The molecule has 0 atom stereocenters. The minimum Gasteiger partial charge on any atom is -0.458 e. The van der Waals surface area contributed by atoms with Crippen molar-refractivity contribution in [3.8, 4) is 22.9 Å². The predicted molar refractivity (Wildman–Crippen MR) is 289 cm³/mol. The number of aryl methyl sites for hydroxylation is 2. The Balaban J connectivity index is 1.05. The third-order valence-electron chi connectivity index (χ3n) is 14.6. The highest BCUT2D eigenvalue weighted by Crippen LogP contribution is 2.36. The number of benzene rings is 9. The quantitative estimate of drug-likeness (QED) is 0.123. The van der Waals surface area contributed by atoms with Gasteiger partial charge in [0.15, 0.2) is 8.07 Å². The smallest absolute Gasteiger partial charge is 0.220 e. The van der Waals surface area contributed by atoms with Gasteiger partial charge in [0, 0.05) is 13.9 Å². The fourth-order valence-corrected chi connectivity index (χ4v) is 19.4. The van der Waals surface area contributed by atoms with Crippen molar-refractivity contribution in [2.45, 2.75) is 26.8 Å². The molecule has 5 heterocycles. The van der Waals surface area contributed by atoms with E-state index in [0.29, 0.717) is 39.3 Å². The summed E-state index contributed by atoms with van der Waals surface area (Å²) in [5.41, 5.74) is 6.93. The molecule has 0 spiro atoms. The third-order valence-corrected chi connectivity index (χ3v) is 22.9. The van der Waals surface area contributed by atoms with E-state index in [9.17, 15) is 0 Å². The highest BCUT2D eigenvalue weighted by Gasteiger charge is 2.47. The van der Waals surface area contributed by atoms with Crippen LogP contribution in [-0.2, 0) is 0 Å². The van der Waals surface area contributed by atoms with Crippen molar-refractivity contribution in [3.05, 3.63) is 217 Å². The molecule has 9 heteroatoms. The molecule has 0 amide bonds. The fourth-order valence-electron chi connectivity index (χ4n) is 11.5. The third kappa shape index (κ3) is 5.48. The molecule has 0 N–H and O–H groups in total. The topological polar surface area (TPSA) is 53.7 Å². The molecular weight excluding hydrogens is 877 g/mol. The normalized spacial score (nSPS) is 15.1. The summed E-state index contributed by atoms with van der Waals surface area (Å²) in [5, 5.41) is 7.27. The number of fused-ring (bicyclic) bond motifs is 12. The lowest BCUT2D eigenvalue weighted by molar-refractivity contribution is 0.490. The number of aromatic nitrogens is 6. The van der Waals surface area contributed by atoms with E-state index in [1.54, 1.807) is 18.2 Å². The first-order valence-corrected chi connectivity index (χ1v) is 28.3. The van der Waals surface area contributed by atoms with Crippen LogP contribution >= 0.6 is 0 Å². The molecule has 0 unspecified atom stereocenters. The average Bonchev–Trinajstić information content (AvgIpc) is 4.33. The molecule has 0 saturated carbocycles. The monoisotopic (exact) mass is 928 g/mol. The molecule has 0 fully saturated rings. The maximum absolute atomic E-state index is 9.05. The van der Waals surface area contributed by atoms with Crippen LogP contribution in [0.25, 0.3) is 67.1 Å². The summed E-state index contributed by atoms with van der Waals surface area (Å²) in [6.07, 6.45) is 0. The van der Waals surface area contributed by atoms with Crippen LogP contribution in [0.5, 0.6) is 11.5 Å². The van der Waals surface area contributed by atoms with Gasteiger partial charge in [0.25, 0.3) is 0 Å². The van der Waals surface area contributed by atoms with Gasteiger partial charge < -0.3 is 4.74 Å². The van der Waals surface area contributed by atoms with Crippen molar-refractivity contribution in [1.29, 1.82) is 0 Å². The summed E-state index contributed by atoms with van der Waals surface area (Å²) >= 11 is 0. The summed E-state index contributed by atoms with van der Waals surface area (Å²) in [6.45, 7) is -0.144. The van der Waals surface area contributed by atoms with Gasteiger partial charge in [0.05, 0.1) is 49.8 Å². The Labute approximate surface area is 409 Å². The summed E-state index contributed by atoms with van der Waals surface area (Å²) < 4.78 is 67.6. The molecule has 0 aliphatic carbocycles. The summed E-state index contributed by atoms with van der Waals surface area (Å²) in [5.74, 6) is 2.87. The largest absolute Gasteiger partial charge is 0.458 e. The van der Waals surface area contributed by atoms with E-state index in [2.05, 4.69) is 162 Å². The first-order chi connectivity index (χ1) is 36.2. The van der Waals surface area contributed by atoms with E-state index < -0.39 is 29.9 Å². The summed E-state index contributed by atoms with van der Waals surface area (Å²) in [7, 11) is -5.52. The van der Waals surface area contributed by atoms with Gasteiger partial charge in [-0.1, -0.05) is 159 Å². The van der Waals surface area contributed by atoms with Crippen molar-refractivity contribution in [3.63, 3.8) is 0 Å². The second-order valence-corrected chi connectivity index (χ2v) is 26.7. The maximum atomic E-state index is 9.05. The maximum Gasteiger partial charge on any atom is 0.220 e. The first kappa shape index (κ1) is 34.1. The van der Waals surface area contributed by atoms with Gasteiger partial charge in [-0.25, -0.2) is 9.97 Å². The number of hydrogen-bond donors (Lipinski definition) is 0. The number of para-hydroxylation sites is 7. The van der Waals surface area contributed by atoms with Crippen molar-refractivity contribution in [2.24, 2.45) is 0 Å². The van der Waals surface area contributed by atoms with Crippen molar-refractivity contribution < 1.29 is 13.0 Å². The number of ether oxygens (including phenoxy) is 1. The molecule has 0 bridgehead atoms. The molecular formula is C60H46N6OSi2. The minimum atomic E-state index is -3.28. The molecule has 7 nitrogen and oxygen atoms in total. The van der Waals surface area contributed by atoms with E-state index in [1.165, 1.54) is 25.9 Å². The Bertz CT molecular complexity index is 4440. The molecule has 0 saturated heterocycles. The fraction of sp³-hybridized carbons (Fsp3) is 0.0667. The minimum absolute atomic E-state index is 0.0831. The van der Waals surface area contributed by atoms with Crippen LogP contribution in [0.3, 0.4) is 0 Å². The van der Waals surface area contributed by atoms with Crippen molar-refractivity contribution in [2.75, 3.05) is 0 Å². The van der Waals surface area contributed by atoms with Crippen LogP contribution in [0.15, 0.2) is 206 Å². The Hall–Kier alpha value is -8.25. The van der Waals surface area contributed by atoms with Gasteiger partial charge in [-0.05, 0) is 117 Å². The molecule has 14 rings (SSSR count). The number of hydrogen-bond acceptors (Lipinski definition) is 3. The van der Waals surface area contributed by atoms with Gasteiger partial charge in [-0.2, -0.15) is 0 Å². The van der Waals surface area contributed by atoms with Crippen LogP contribution in [0.4, 0.5) is 0 Å². The summed E-state index contributed by atoms with van der Waals surface area (Å²) in [6, 6.07) is 70.7. The molecule has 0 radical (unpaired) electrons. The van der Waals surface area contributed by atoms with Gasteiger partial charge in [-0.15, -0.1) is 0 Å². The number of nitrogens with zero attached hydrogens (tertiary/aromatic N) is 6. The van der Waals surface area contributed by atoms with E-state index in [0.717, 1.165) is 44.4 Å². The van der Waals surface area contributed by atoms with Crippen LogP contribution in [0.1, 0.15) is 19.4 Å². The Morgan fingerprint density at radius 3 is 1.68 bits per heavy atom. The molecule has 1 aliphatic rings. The lowest BCUT2D eigenvalue weighted by atomic mass is 10.1. The van der Waals surface area contributed by atoms with Gasteiger partial charge in [0.2, 0.25) is 11.6 Å². The van der Waals surface area contributed by atoms with Crippen LogP contribution < -0.4 is 35.9 Å². The molecule has 330 valence electrons. The second kappa shape index (κ2) is 14.6. The van der Waals surface area contributed by atoms with Gasteiger partial charge in [-0.3, -0.25) is 17.9 Å². The Kier molecular flexibility index (Phi) is 7.23. The molecule has 13 aromatic rings. The van der Waals surface area contributed by atoms with Crippen LogP contribution in [0.2, 0.25) is 13.1 Å². The molecule has 1 aliphatic heterocycles. The molecule has 4 aromatic heterocycles. The van der Waals surface area contributed by atoms with E-state index >= 15 is 0 Å². The zero-order valence-electron chi connectivity index (χ0n) is 43.7. The zero-order valence-corrected chi connectivity index (χ0v) is 39.7. The van der Waals surface area contributed by atoms with E-state index in [1.807, 2.05) is 57.5 Å². The lowest BCUT2D eigenvalue weighted by Gasteiger charge is -2.40. The number of imidazole rings is 4. The second-order valence-electron chi connectivity index (χ2n) is 18.6. The standard InChI is InChI=1S/C60H46N6OSi2/c1-39-20-17-31-50-56(39)61-60-64(47-28-12-13-29-48(47)65(50)60)42-36-40(2)57-51(38-42)66-49-30-14-11-27-46(49)63(59(66)62-57)41-21-18-26-45(37-41)69(43-22-7-5-8-23-43,44-24-9-6-10-25-44)55-35-19-34-54-58(55)67-52-32-15-16-33-53(52)68(54,3)4/h5-38H,1-4H3/i1D3,2D3. The average molecular weight is 929 g/mol. The highest BCUT2D eigenvalue weighted by molar-refractivity contribution is 7.20. The lowest BCUT2D eigenvalue weighted by Crippen LogP contribution is -2.75. The van der Waals surface area contributed by atoms with Gasteiger partial charge in [0.1, 0.15) is 19.6 Å².